The van der Waals surface area contributed by atoms with Gasteiger partial charge < -0.3 is 9.84 Å². The number of aliphatic carboxylic acids is 1. The third-order valence-electron chi connectivity index (χ3n) is 2.56. The molecule has 4 heteroatoms. The highest BCUT2D eigenvalue weighted by molar-refractivity contribution is 6.32. The van der Waals surface area contributed by atoms with E-state index in [4.69, 9.17) is 16.3 Å². The summed E-state index contributed by atoms with van der Waals surface area (Å²) in [5.41, 5.74) is 2.50. The minimum Gasteiger partial charge on any atom is -0.492 e. The number of hydrogen-bond donors (Lipinski definition) is 1. The predicted molar refractivity (Wildman–Crippen MR) is 73.3 cm³/mol. The van der Waals surface area contributed by atoms with E-state index < -0.39 is 5.97 Å². The van der Waals surface area contributed by atoms with Crippen LogP contribution in [0.1, 0.15) is 31.9 Å². The van der Waals surface area contributed by atoms with Gasteiger partial charge in [0.25, 0.3) is 0 Å². The van der Waals surface area contributed by atoms with Crippen LogP contribution in [0, 0.1) is 6.92 Å². The van der Waals surface area contributed by atoms with Crippen molar-refractivity contribution >= 4 is 23.1 Å². The number of carbonyl (C=O) groups is 1. The van der Waals surface area contributed by atoms with Crippen LogP contribution in [-0.2, 0) is 4.79 Å². The molecule has 3 nitrogen and oxygen atoms in total. The number of ether oxygens (including phenoxy) is 1. The lowest BCUT2D eigenvalue weighted by Gasteiger charge is -2.13. The highest BCUT2D eigenvalue weighted by Gasteiger charge is 2.17. The molecule has 0 spiro atoms. The van der Waals surface area contributed by atoms with Crippen molar-refractivity contribution in [2.45, 2.75) is 27.7 Å². The van der Waals surface area contributed by atoms with E-state index in [0.717, 1.165) is 11.1 Å². The Kier molecular flexibility index (Phi) is 4.79. The van der Waals surface area contributed by atoms with Gasteiger partial charge in [0.2, 0.25) is 0 Å². The maximum atomic E-state index is 11.3. The van der Waals surface area contributed by atoms with Crippen molar-refractivity contribution in [2.24, 2.45) is 0 Å². The fourth-order valence-corrected chi connectivity index (χ4v) is 2.01. The second-order valence-electron chi connectivity index (χ2n) is 4.21. The topological polar surface area (TPSA) is 46.5 Å². The first-order chi connectivity index (χ1) is 8.38. The van der Waals surface area contributed by atoms with Crippen LogP contribution in [0.3, 0.4) is 0 Å². The first kappa shape index (κ1) is 14.6. The van der Waals surface area contributed by atoms with Gasteiger partial charge in [0.1, 0.15) is 5.75 Å². The zero-order chi connectivity index (χ0) is 13.9. The first-order valence-electron chi connectivity index (χ1n) is 5.72. The van der Waals surface area contributed by atoms with Gasteiger partial charge in [-0.2, -0.15) is 0 Å². The van der Waals surface area contributed by atoms with Gasteiger partial charge >= 0.3 is 5.97 Å². The highest BCUT2D eigenvalue weighted by Crippen LogP contribution is 2.32. The van der Waals surface area contributed by atoms with Crippen LogP contribution in [0.15, 0.2) is 17.7 Å². The quantitative estimate of drug-likeness (QED) is 0.842. The Morgan fingerprint density at radius 3 is 2.44 bits per heavy atom. The third kappa shape index (κ3) is 3.05. The van der Waals surface area contributed by atoms with Crippen LogP contribution in [0.4, 0.5) is 0 Å². The molecule has 1 N–H and O–H groups in total. The van der Waals surface area contributed by atoms with E-state index in [2.05, 4.69) is 0 Å². The predicted octanol–water partition coefficient (Wildman–Crippen LogP) is 3.93. The third-order valence-corrected chi connectivity index (χ3v) is 2.86. The molecule has 18 heavy (non-hydrogen) atoms. The number of allylic oxidation sites excluding steroid dienone is 1. The number of hydrogen-bond acceptors (Lipinski definition) is 2. The fourth-order valence-electron chi connectivity index (χ4n) is 1.79. The van der Waals surface area contributed by atoms with E-state index in [0.29, 0.717) is 22.9 Å². The van der Waals surface area contributed by atoms with Crippen molar-refractivity contribution < 1.29 is 14.6 Å². The van der Waals surface area contributed by atoms with Crippen LogP contribution in [0.25, 0.3) is 5.57 Å². The summed E-state index contributed by atoms with van der Waals surface area (Å²) in [6, 6.07) is 3.42. The monoisotopic (exact) mass is 268 g/mol. The molecule has 0 aliphatic carbocycles. The molecule has 1 aromatic rings. The van der Waals surface area contributed by atoms with Gasteiger partial charge in [0, 0.05) is 0 Å². The molecule has 0 unspecified atom stereocenters. The molecule has 0 saturated carbocycles. The molecule has 1 aromatic carbocycles. The fraction of sp³-hybridized carbons (Fsp3) is 0.357. The van der Waals surface area contributed by atoms with Crippen molar-refractivity contribution in [2.75, 3.05) is 6.61 Å². The SMILES string of the molecule is CCOc1cc(C)c(C(C(=O)O)=C(C)C)cc1Cl. The van der Waals surface area contributed by atoms with Gasteiger partial charge in [-0.3, -0.25) is 0 Å². The molecule has 0 heterocycles. The van der Waals surface area contributed by atoms with Crippen LogP contribution in [0.2, 0.25) is 5.02 Å². The second-order valence-corrected chi connectivity index (χ2v) is 4.62. The van der Waals surface area contributed by atoms with Gasteiger partial charge in [0.05, 0.1) is 17.2 Å². The number of aryl methyl sites for hydroxylation is 1. The Morgan fingerprint density at radius 1 is 1.39 bits per heavy atom. The Balaban J connectivity index is 3.39. The van der Waals surface area contributed by atoms with E-state index in [1.807, 2.05) is 13.8 Å². The van der Waals surface area contributed by atoms with E-state index in [1.54, 1.807) is 26.0 Å². The Labute approximate surface area is 112 Å². The summed E-state index contributed by atoms with van der Waals surface area (Å²) in [6.07, 6.45) is 0. The molecule has 0 atom stereocenters. The Bertz CT molecular complexity index is 500. The molecule has 0 amide bonds. The molecule has 0 aliphatic heterocycles. The number of carboxylic acid groups (broad SMARTS) is 1. The Hall–Kier alpha value is -1.48. The van der Waals surface area contributed by atoms with Gasteiger partial charge in [0.15, 0.2) is 0 Å². The lowest BCUT2D eigenvalue weighted by molar-refractivity contribution is -0.130. The number of halogens is 1. The normalized spacial score (nSPS) is 10.1. The van der Waals surface area contributed by atoms with Crippen LogP contribution in [-0.4, -0.2) is 17.7 Å². The largest absolute Gasteiger partial charge is 0.492 e. The average molecular weight is 269 g/mol. The van der Waals surface area contributed by atoms with Crippen molar-refractivity contribution in [3.63, 3.8) is 0 Å². The summed E-state index contributed by atoms with van der Waals surface area (Å²) >= 11 is 6.09. The van der Waals surface area contributed by atoms with Crippen molar-refractivity contribution in [1.29, 1.82) is 0 Å². The van der Waals surface area contributed by atoms with E-state index >= 15 is 0 Å². The molecule has 1 rings (SSSR count). The Morgan fingerprint density at radius 2 is 2.00 bits per heavy atom. The maximum Gasteiger partial charge on any atom is 0.336 e. The van der Waals surface area contributed by atoms with Gasteiger partial charge in [-0.1, -0.05) is 17.2 Å². The summed E-state index contributed by atoms with van der Waals surface area (Å²) in [4.78, 5) is 11.3. The first-order valence-corrected chi connectivity index (χ1v) is 6.10. The van der Waals surface area contributed by atoms with Crippen LogP contribution >= 0.6 is 11.6 Å². The van der Waals surface area contributed by atoms with E-state index in [1.165, 1.54) is 0 Å². The molecule has 0 bridgehead atoms. The molecule has 0 aliphatic rings. The van der Waals surface area contributed by atoms with E-state index in [9.17, 15) is 9.90 Å². The highest BCUT2D eigenvalue weighted by atomic mass is 35.5. The molecular formula is C14H17ClO3. The van der Waals surface area contributed by atoms with E-state index in [-0.39, 0.29) is 5.57 Å². The lowest BCUT2D eigenvalue weighted by Crippen LogP contribution is -2.04. The molecule has 98 valence electrons. The smallest absolute Gasteiger partial charge is 0.336 e. The zero-order valence-corrected chi connectivity index (χ0v) is 11.8. The molecule has 0 fully saturated rings. The van der Waals surface area contributed by atoms with Gasteiger partial charge in [-0.05, 0) is 51.0 Å². The van der Waals surface area contributed by atoms with Crippen molar-refractivity contribution in [3.8, 4) is 5.75 Å². The summed E-state index contributed by atoms with van der Waals surface area (Å²) < 4.78 is 5.38. The molecule has 0 saturated heterocycles. The number of rotatable bonds is 4. The summed E-state index contributed by atoms with van der Waals surface area (Å²) in [5, 5.41) is 9.68. The minimum atomic E-state index is -0.946. The average Bonchev–Trinajstić information content (AvgIpc) is 2.24. The van der Waals surface area contributed by atoms with Crippen LogP contribution < -0.4 is 4.74 Å². The maximum absolute atomic E-state index is 11.3. The number of carboxylic acids is 1. The molecule has 0 aromatic heterocycles. The minimum absolute atomic E-state index is 0.289. The van der Waals surface area contributed by atoms with Gasteiger partial charge in [-0.15, -0.1) is 0 Å². The molecular weight excluding hydrogens is 252 g/mol. The lowest BCUT2D eigenvalue weighted by atomic mass is 9.97. The molecule has 0 radical (unpaired) electrons. The van der Waals surface area contributed by atoms with Crippen molar-refractivity contribution in [1.82, 2.24) is 0 Å². The van der Waals surface area contributed by atoms with Crippen LogP contribution in [0.5, 0.6) is 5.75 Å². The summed E-state index contributed by atoms with van der Waals surface area (Å²) in [7, 11) is 0. The summed E-state index contributed by atoms with van der Waals surface area (Å²) in [6.45, 7) is 7.78. The second kappa shape index (κ2) is 5.91. The van der Waals surface area contributed by atoms with Crippen molar-refractivity contribution in [3.05, 3.63) is 33.9 Å². The summed E-state index contributed by atoms with van der Waals surface area (Å²) in [5.74, 6) is -0.364. The standard InChI is InChI=1S/C14H17ClO3/c1-5-18-12-6-9(4)10(7-11(12)15)13(8(2)3)14(16)17/h6-7H,5H2,1-4H3,(H,16,17). The zero-order valence-electron chi connectivity index (χ0n) is 11.0. The number of benzene rings is 1. The van der Waals surface area contributed by atoms with Gasteiger partial charge in [-0.25, -0.2) is 4.79 Å².